The zero-order chi connectivity index (χ0) is 8.53. The molecule has 4 heteroatoms. The van der Waals surface area contributed by atoms with Crippen molar-refractivity contribution >= 4 is 5.97 Å². The molecule has 0 bridgehead atoms. The molecule has 0 unspecified atom stereocenters. The molecule has 0 heterocycles. The van der Waals surface area contributed by atoms with Gasteiger partial charge in [-0.1, -0.05) is 0 Å². The van der Waals surface area contributed by atoms with E-state index in [2.05, 4.69) is 4.74 Å². The predicted octanol–water partition coefficient (Wildman–Crippen LogP) is 0.212. The van der Waals surface area contributed by atoms with Gasteiger partial charge in [-0.25, -0.2) is 0 Å². The van der Waals surface area contributed by atoms with E-state index in [4.69, 9.17) is 9.47 Å². The van der Waals surface area contributed by atoms with Crippen LogP contribution < -0.4 is 0 Å². The number of hydrogen-bond acceptors (Lipinski definition) is 4. The molecule has 4 nitrogen and oxygen atoms in total. The van der Waals surface area contributed by atoms with Crippen molar-refractivity contribution < 1.29 is 19.0 Å². The van der Waals surface area contributed by atoms with Crippen LogP contribution in [-0.2, 0) is 19.0 Å². The summed E-state index contributed by atoms with van der Waals surface area (Å²) >= 11 is 0. The van der Waals surface area contributed by atoms with Crippen molar-refractivity contribution in [2.45, 2.75) is 6.42 Å². The van der Waals surface area contributed by atoms with E-state index >= 15 is 0 Å². The molecule has 0 aliphatic carbocycles. The molecule has 0 saturated heterocycles. The van der Waals surface area contributed by atoms with Gasteiger partial charge in [-0.3, -0.25) is 4.79 Å². The van der Waals surface area contributed by atoms with E-state index in [1.165, 1.54) is 7.11 Å². The Morgan fingerprint density at radius 2 is 1.91 bits per heavy atom. The maximum Gasteiger partial charge on any atom is 0.307 e. The quantitative estimate of drug-likeness (QED) is 0.414. The normalized spacial score (nSPS) is 9.64. The van der Waals surface area contributed by atoms with Crippen LogP contribution in [0, 0.1) is 0 Å². The second kappa shape index (κ2) is 7.50. The number of ether oxygens (including phenoxy) is 3. The smallest absolute Gasteiger partial charge is 0.307 e. The maximum atomic E-state index is 10.5. The van der Waals surface area contributed by atoms with Gasteiger partial charge < -0.3 is 14.2 Å². The van der Waals surface area contributed by atoms with Crippen molar-refractivity contribution in [1.29, 1.82) is 0 Å². The predicted molar refractivity (Wildman–Crippen MR) is 39.3 cm³/mol. The Hall–Kier alpha value is -0.610. The summed E-state index contributed by atoms with van der Waals surface area (Å²) in [7, 11) is 2.96. The van der Waals surface area contributed by atoms with Crippen molar-refractivity contribution in [2.75, 3.05) is 34.0 Å². The number of esters is 1. The highest BCUT2D eigenvalue weighted by Crippen LogP contribution is 1.85. The molecule has 0 saturated carbocycles. The molecule has 0 aromatic carbocycles. The Morgan fingerprint density at radius 3 is 2.45 bits per heavy atom. The standard InChI is InChI=1S/C7H14O4/c1-9-5-6-11-4-3-7(8)10-2/h3-6H2,1-2H3. The van der Waals surface area contributed by atoms with Gasteiger partial charge in [0, 0.05) is 7.11 Å². The monoisotopic (exact) mass is 162 g/mol. The maximum absolute atomic E-state index is 10.5. The number of carbonyl (C=O) groups excluding carboxylic acids is 1. The fraction of sp³-hybridized carbons (Fsp3) is 0.857. The molecule has 0 spiro atoms. The molecule has 0 amide bonds. The van der Waals surface area contributed by atoms with Gasteiger partial charge in [0.05, 0.1) is 33.4 Å². The first-order valence-electron chi connectivity index (χ1n) is 3.44. The Balaban J connectivity index is 2.95. The van der Waals surface area contributed by atoms with Crippen LogP contribution in [0.3, 0.4) is 0 Å². The molecule has 0 N–H and O–H groups in total. The summed E-state index contributed by atoms with van der Waals surface area (Å²) in [6.45, 7) is 1.48. The summed E-state index contributed by atoms with van der Waals surface area (Å²) in [5, 5.41) is 0. The summed E-state index contributed by atoms with van der Waals surface area (Å²) in [5.41, 5.74) is 0. The largest absolute Gasteiger partial charge is 0.469 e. The fourth-order valence-electron chi connectivity index (χ4n) is 0.502. The lowest BCUT2D eigenvalue weighted by Crippen LogP contribution is -2.08. The van der Waals surface area contributed by atoms with Gasteiger partial charge in [-0.15, -0.1) is 0 Å². The number of rotatable bonds is 6. The second-order valence-electron chi connectivity index (χ2n) is 1.93. The van der Waals surface area contributed by atoms with E-state index < -0.39 is 0 Å². The first-order chi connectivity index (χ1) is 5.31. The molecule has 0 aromatic heterocycles. The van der Waals surface area contributed by atoms with Crippen molar-refractivity contribution in [3.8, 4) is 0 Å². The van der Waals surface area contributed by atoms with Crippen molar-refractivity contribution in [3.63, 3.8) is 0 Å². The highest BCUT2D eigenvalue weighted by Gasteiger charge is 1.97. The lowest BCUT2D eigenvalue weighted by atomic mass is 10.5. The van der Waals surface area contributed by atoms with E-state index in [9.17, 15) is 4.79 Å². The van der Waals surface area contributed by atoms with Gasteiger partial charge >= 0.3 is 5.97 Å². The Labute approximate surface area is 66.4 Å². The minimum Gasteiger partial charge on any atom is -0.469 e. The highest BCUT2D eigenvalue weighted by molar-refractivity contribution is 5.69. The Morgan fingerprint density at radius 1 is 1.18 bits per heavy atom. The molecule has 0 aliphatic rings. The lowest BCUT2D eigenvalue weighted by molar-refractivity contribution is -0.141. The average Bonchev–Trinajstić information content (AvgIpc) is 2.04. The van der Waals surface area contributed by atoms with Crippen molar-refractivity contribution in [1.82, 2.24) is 0 Å². The SMILES string of the molecule is COCCOCCC(=O)OC. The van der Waals surface area contributed by atoms with Crippen LogP contribution in [0.5, 0.6) is 0 Å². The van der Waals surface area contributed by atoms with E-state index in [-0.39, 0.29) is 5.97 Å². The molecule has 0 atom stereocenters. The Kier molecular flexibility index (Phi) is 7.08. The van der Waals surface area contributed by atoms with Gasteiger partial charge in [-0.05, 0) is 0 Å². The molecular weight excluding hydrogens is 148 g/mol. The van der Waals surface area contributed by atoms with Crippen LogP contribution in [0.1, 0.15) is 6.42 Å². The number of hydrogen-bond donors (Lipinski definition) is 0. The van der Waals surface area contributed by atoms with Gasteiger partial charge in [0.25, 0.3) is 0 Å². The van der Waals surface area contributed by atoms with Crippen LogP contribution >= 0.6 is 0 Å². The minimum absolute atomic E-state index is 0.248. The Bertz CT molecular complexity index is 103. The highest BCUT2D eigenvalue weighted by atomic mass is 16.5. The van der Waals surface area contributed by atoms with Gasteiger partial charge in [0.15, 0.2) is 0 Å². The summed E-state index contributed by atoms with van der Waals surface area (Å²) < 4.78 is 14.2. The molecule has 0 radical (unpaired) electrons. The van der Waals surface area contributed by atoms with Crippen molar-refractivity contribution in [2.24, 2.45) is 0 Å². The fourth-order valence-corrected chi connectivity index (χ4v) is 0.502. The third-order valence-corrected chi connectivity index (χ3v) is 1.11. The van der Waals surface area contributed by atoms with Crippen LogP contribution in [0.4, 0.5) is 0 Å². The summed E-state index contributed by atoms with van der Waals surface area (Å²) in [4.78, 5) is 10.5. The zero-order valence-corrected chi connectivity index (χ0v) is 6.96. The minimum atomic E-state index is -0.248. The molecule has 11 heavy (non-hydrogen) atoms. The van der Waals surface area contributed by atoms with Gasteiger partial charge in [0.1, 0.15) is 0 Å². The topological polar surface area (TPSA) is 44.8 Å². The van der Waals surface area contributed by atoms with Crippen LogP contribution in [0.2, 0.25) is 0 Å². The van der Waals surface area contributed by atoms with E-state index in [1.54, 1.807) is 7.11 Å². The number of methoxy groups -OCH3 is 2. The lowest BCUT2D eigenvalue weighted by Gasteiger charge is -2.01. The van der Waals surface area contributed by atoms with Crippen LogP contribution in [0.15, 0.2) is 0 Å². The molecule has 0 fully saturated rings. The summed E-state index contributed by atoms with van der Waals surface area (Å²) in [5.74, 6) is -0.248. The third kappa shape index (κ3) is 7.29. The van der Waals surface area contributed by atoms with E-state index in [0.717, 1.165) is 0 Å². The first kappa shape index (κ1) is 10.4. The van der Waals surface area contributed by atoms with Crippen LogP contribution in [-0.4, -0.2) is 40.0 Å². The third-order valence-electron chi connectivity index (χ3n) is 1.11. The van der Waals surface area contributed by atoms with Crippen LogP contribution in [0.25, 0.3) is 0 Å². The molecule has 0 aliphatic heterocycles. The average molecular weight is 162 g/mol. The summed E-state index contributed by atoms with van der Waals surface area (Å²) in [6.07, 6.45) is 0.306. The first-order valence-corrected chi connectivity index (χ1v) is 3.44. The van der Waals surface area contributed by atoms with E-state index in [1.807, 2.05) is 0 Å². The van der Waals surface area contributed by atoms with E-state index in [0.29, 0.717) is 26.2 Å². The second-order valence-corrected chi connectivity index (χ2v) is 1.93. The molecule has 0 rings (SSSR count). The van der Waals surface area contributed by atoms with Gasteiger partial charge in [0.2, 0.25) is 0 Å². The summed E-state index contributed by atoms with van der Waals surface area (Å²) in [6, 6.07) is 0. The van der Waals surface area contributed by atoms with Crippen molar-refractivity contribution in [3.05, 3.63) is 0 Å². The zero-order valence-electron chi connectivity index (χ0n) is 6.96. The molecule has 0 aromatic rings. The molecule has 66 valence electrons. The molecular formula is C7H14O4. The number of carbonyl (C=O) groups is 1. The van der Waals surface area contributed by atoms with Gasteiger partial charge in [-0.2, -0.15) is 0 Å².